The molecular formula is C28H32Cl2F3N3O3. The van der Waals surface area contributed by atoms with Crippen LogP contribution in [0.25, 0.3) is 0 Å². The fourth-order valence-corrected chi connectivity index (χ4v) is 5.75. The Morgan fingerprint density at radius 3 is 2.31 bits per heavy atom. The monoisotopic (exact) mass is 585 g/mol. The fraction of sp³-hybridized carbons (Fsp3) is 0.500. The number of carbonyl (C=O) groups is 2. The smallest absolute Gasteiger partial charge is 0.416 e. The van der Waals surface area contributed by atoms with Crippen molar-refractivity contribution in [1.82, 2.24) is 15.1 Å². The van der Waals surface area contributed by atoms with Crippen LogP contribution in [0.1, 0.15) is 43.7 Å². The minimum atomic E-state index is -4.42. The van der Waals surface area contributed by atoms with Crippen LogP contribution in [0, 0.1) is 5.92 Å². The lowest BCUT2D eigenvalue weighted by Crippen LogP contribution is -2.47. The summed E-state index contributed by atoms with van der Waals surface area (Å²) in [5, 5.41) is 3.78. The van der Waals surface area contributed by atoms with E-state index in [0.29, 0.717) is 28.9 Å². The Bertz CT molecular complexity index is 1170. The summed E-state index contributed by atoms with van der Waals surface area (Å²) < 4.78 is 45.0. The maximum absolute atomic E-state index is 13.3. The molecule has 2 aliphatic heterocycles. The summed E-state index contributed by atoms with van der Waals surface area (Å²) in [5.74, 6) is 0.0590. The number of halogens is 5. The summed E-state index contributed by atoms with van der Waals surface area (Å²) in [7, 11) is 0. The SMILES string of the molecule is CC(=O)NC1CCN(CC(=O)N2C[C@@H](c3ccc(Cl)c(Cl)c3)[C@H](C(C)Oc3ccc(C(F)(F)F)cc3)C2)CC1. The molecule has 0 radical (unpaired) electrons. The first-order valence-electron chi connectivity index (χ1n) is 13.0. The molecule has 4 rings (SSSR count). The van der Waals surface area contributed by atoms with Gasteiger partial charge in [-0.25, -0.2) is 0 Å². The molecule has 212 valence electrons. The van der Waals surface area contributed by atoms with Crippen molar-refractivity contribution in [2.75, 3.05) is 32.7 Å². The Kier molecular flexibility index (Phi) is 9.34. The zero-order chi connectivity index (χ0) is 28.3. The summed E-state index contributed by atoms with van der Waals surface area (Å²) in [4.78, 5) is 28.6. The van der Waals surface area contributed by atoms with Crippen molar-refractivity contribution in [2.45, 2.75) is 50.9 Å². The molecule has 0 spiro atoms. The maximum atomic E-state index is 13.3. The number of piperidine rings is 1. The van der Waals surface area contributed by atoms with E-state index in [1.54, 1.807) is 12.1 Å². The number of carbonyl (C=O) groups excluding carboxylic acids is 2. The number of ether oxygens (including phenoxy) is 1. The van der Waals surface area contributed by atoms with Gasteiger partial charge < -0.3 is 15.0 Å². The molecule has 2 aromatic carbocycles. The van der Waals surface area contributed by atoms with E-state index >= 15 is 0 Å². The van der Waals surface area contributed by atoms with Gasteiger partial charge in [0.2, 0.25) is 11.8 Å². The first-order chi connectivity index (χ1) is 18.4. The lowest BCUT2D eigenvalue weighted by Gasteiger charge is -2.32. The standard InChI is InChI=1S/C28H32Cl2F3N3O3/c1-17(39-22-6-4-20(5-7-22)28(31,32)33)23-14-36(15-24(23)19-3-8-25(29)26(30)13-19)27(38)16-35-11-9-21(10-12-35)34-18(2)37/h3-8,13,17,21,23-24H,9-12,14-16H2,1-2H3,(H,34,37)/t17?,23-,24-/m0/s1. The fourth-order valence-electron chi connectivity index (χ4n) is 5.44. The molecule has 2 aliphatic rings. The quantitative estimate of drug-likeness (QED) is 0.458. The predicted octanol–water partition coefficient (Wildman–Crippen LogP) is 5.62. The summed E-state index contributed by atoms with van der Waals surface area (Å²) in [5.41, 5.74) is 0.179. The molecule has 2 heterocycles. The second-order valence-corrected chi connectivity index (χ2v) is 11.2. The molecule has 0 aliphatic carbocycles. The van der Waals surface area contributed by atoms with Crippen LogP contribution in [-0.2, 0) is 15.8 Å². The van der Waals surface area contributed by atoms with E-state index in [0.717, 1.165) is 43.6 Å². The number of hydrogen-bond donors (Lipinski definition) is 1. The highest BCUT2D eigenvalue weighted by Crippen LogP contribution is 2.39. The molecule has 11 heteroatoms. The molecule has 2 aromatic rings. The van der Waals surface area contributed by atoms with Gasteiger partial charge in [-0.3, -0.25) is 14.5 Å². The van der Waals surface area contributed by atoms with Crippen molar-refractivity contribution in [3.8, 4) is 5.75 Å². The highest BCUT2D eigenvalue weighted by molar-refractivity contribution is 6.42. The highest BCUT2D eigenvalue weighted by atomic mass is 35.5. The van der Waals surface area contributed by atoms with Crippen LogP contribution in [0.4, 0.5) is 13.2 Å². The van der Waals surface area contributed by atoms with Crippen molar-refractivity contribution < 1.29 is 27.5 Å². The first kappa shape index (κ1) is 29.5. The van der Waals surface area contributed by atoms with Gasteiger partial charge in [0.25, 0.3) is 0 Å². The Labute approximate surface area is 236 Å². The molecule has 0 aromatic heterocycles. The molecule has 1 unspecified atom stereocenters. The van der Waals surface area contributed by atoms with Crippen molar-refractivity contribution in [2.24, 2.45) is 5.92 Å². The van der Waals surface area contributed by atoms with Crippen LogP contribution in [0.3, 0.4) is 0 Å². The van der Waals surface area contributed by atoms with Crippen LogP contribution < -0.4 is 10.1 Å². The zero-order valence-electron chi connectivity index (χ0n) is 21.8. The van der Waals surface area contributed by atoms with Crippen molar-refractivity contribution in [1.29, 1.82) is 0 Å². The number of nitrogens with zero attached hydrogens (tertiary/aromatic N) is 2. The van der Waals surface area contributed by atoms with Crippen LogP contribution in [0.2, 0.25) is 10.0 Å². The zero-order valence-corrected chi connectivity index (χ0v) is 23.3. The molecule has 6 nitrogen and oxygen atoms in total. The molecule has 39 heavy (non-hydrogen) atoms. The van der Waals surface area contributed by atoms with Gasteiger partial charge in [0, 0.05) is 51.0 Å². The largest absolute Gasteiger partial charge is 0.490 e. The number of nitrogens with one attached hydrogen (secondary N) is 1. The number of amides is 2. The van der Waals surface area contributed by atoms with Crippen LogP contribution >= 0.6 is 23.2 Å². The minimum absolute atomic E-state index is 0.00210. The molecule has 2 fully saturated rings. The van der Waals surface area contributed by atoms with Crippen LogP contribution in [0.15, 0.2) is 42.5 Å². The van der Waals surface area contributed by atoms with Crippen molar-refractivity contribution >= 4 is 35.0 Å². The third kappa shape index (κ3) is 7.58. The van der Waals surface area contributed by atoms with E-state index in [9.17, 15) is 22.8 Å². The van der Waals surface area contributed by atoms with Crippen LogP contribution in [-0.4, -0.2) is 66.5 Å². The normalized spacial score (nSPS) is 21.6. The summed E-state index contributed by atoms with van der Waals surface area (Å²) in [6.07, 6.45) is -3.24. The van der Waals surface area contributed by atoms with Gasteiger partial charge >= 0.3 is 6.18 Å². The van der Waals surface area contributed by atoms with Crippen LogP contribution in [0.5, 0.6) is 5.75 Å². The van der Waals surface area contributed by atoms with E-state index in [2.05, 4.69) is 10.2 Å². The Morgan fingerprint density at radius 2 is 1.72 bits per heavy atom. The van der Waals surface area contributed by atoms with Gasteiger partial charge in [-0.1, -0.05) is 29.3 Å². The molecule has 2 amide bonds. The highest BCUT2D eigenvalue weighted by Gasteiger charge is 2.41. The number of likely N-dealkylation sites (tertiary alicyclic amines) is 2. The van der Waals surface area contributed by atoms with Gasteiger partial charge in [0.15, 0.2) is 0 Å². The number of benzene rings is 2. The third-order valence-electron chi connectivity index (χ3n) is 7.55. The number of hydrogen-bond acceptors (Lipinski definition) is 4. The van der Waals surface area contributed by atoms with E-state index in [-0.39, 0.29) is 36.2 Å². The second kappa shape index (κ2) is 12.4. The lowest BCUT2D eigenvalue weighted by atomic mass is 9.85. The van der Waals surface area contributed by atoms with Gasteiger partial charge in [-0.05, 0) is 61.7 Å². The van der Waals surface area contributed by atoms with Crippen molar-refractivity contribution in [3.63, 3.8) is 0 Å². The second-order valence-electron chi connectivity index (χ2n) is 10.3. The van der Waals surface area contributed by atoms with E-state index < -0.39 is 17.8 Å². The van der Waals surface area contributed by atoms with Gasteiger partial charge in [0.05, 0.1) is 22.2 Å². The minimum Gasteiger partial charge on any atom is -0.490 e. The van der Waals surface area contributed by atoms with Gasteiger partial charge in [0.1, 0.15) is 11.9 Å². The van der Waals surface area contributed by atoms with E-state index in [1.165, 1.54) is 19.1 Å². The Balaban J connectivity index is 1.45. The lowest BCUT2D eigenvalue weighted by molar-refractivity contribution is -0.137. The van der Waals surface area contributed by atoms with E-state index in [4.69, 9.17) is 27.9 Å². The summed E-state index contributed by atoms with van der Waals surface area (Å²) in [6.45, 7) is 6.00. The van der Waals surface area contributed by atoms with Gasteiger partial charge in [-0.15, -0.1) is 0 Å². The third-order valence-corrected chi connectivity index (χ3v) is 8.29. The van der Waals surface area contributed by atoms with Crippen molar-refractivity contribution in [3.05, 3.63) is 63.6 Å². The molecule has 0 bridgehead atoms. The summed E-state index contributed by atoms with van der Waals surface area (Å²) in [6, 6.07) is 10.2. The maximum Gasteiger partial charge on any atom is 0.416 e. The Hall–Kier alpha value is -2.49. The van der Waals surface area contributed by atoms with E-state index in [1.807, 2.05) is 17.9 Å². The average molecular weight is 586 g/mol. The molecule has 3 atom stereocenters. The topological polar surface area (TPSA) is 61.9 Å². The molecule has 1 N–H and O–H groups in total. The molecule has 2 saturated heterocycles. The number of rotatable bonds is 7. The predicted molar refractivity (Wildman–Crippen MR) is 144 cm³/mol. The van der Waals surface area contributed by atoms with Gasteiger partial charge in [-0.2, -0.15) is 13.2 Å². The summed E-state index contributed by atoms with van der Waals surface area (Å²) >= 11 is 12.4. The number of alkyl halides is 3. The Morgan fingerprint density at radius 1 is 1.05 bits per heavy atom. The molecular weight excluding hydrogens is 554 g/mol. The average Bonchev–Trinajstić information content (AvgIpc) is 3.32. The first-order valence-corrected chi connectivity index (χ1v) is 13.7. The molecule has 0 saturated carbocycles.